The molecule has 0 bridgehead atoms. The van der Waals surface area contributed by atoms with Crippen LogP contribution in [-0.4, -0.2) is 52.8 Å². The van der Waals surface area contributed by atoms with E-state index >= 15 is 0 Å². The highest BCUT2D eigenvalue weighted by Crippen LogP contribution is 2.26. The van der Waals surface area contributed by atoms with Gasteiger partial charge < -0.3 is 27.0 Å². The van der Waals surface area contributed by atoms with Crippen molar-refractivity contribution in [3.63, 3.8) is 0 Å². The van der Waals surface area contributed by atoms with Crippen molar-refractivity contribution in [1.29, 1.82) is 0 Å². The van der Waals surface area contributed by atoms with E-state index in [1.54, 1.807) is 13.8 Å². The smallest absolute Gasteiger partial charge is 0.247 e. The Labute approximate surface area is 212 Å². The van der Waals surface area contributed by atoms with Gasteiger partial charge in [-0.15, -0.1) is 0 Å². The first-order valence-corrected chi connectivity index (χ1v) is 12.7. The number of nitrogens with zero attached hydrogens (tertiary/aromatic N) is 1. The molecule has 0 unspecified atom stereocenters. The van der Waals surface area contributed by atoms with Crippen LogP contribution in [0.3, 0.4) is 0 Å². The number of nitrogens with one attached hydrogen (secondary N) is 2. The third-order valence-electron chi connectivity index (χ3n) is 7.08. The van der Waals surface area contributed by atoms with E-state index in [4.69, 9.17) is 11.5 Å². The number of nitrogens with two attached hydrogens (primary N) is 2. The van der Waals surface area contributed by atoms with E-state index in [0.717, 1.165) is 30.5 Å². The summed E-state index contributed by atoms with van der Waals surface area (Å²) in [6.07, 6.45) is 4.62. The standard InChI is InChI=1S/C28H37N5O3/c1-28(2,30)27(36)32-22-16-24(25(34)31-21-13-12-19-9-6-10-20(19)15-21)33(17-22)26(35)23(29)14-11-18-7-4-3-5-8-18/h3-5,7-8,12-13,15,22-24H,6,9-11,14,16-17,29-30H2,1-2H3,(H,31,34)(H,32,36)/t22-,23+,24+/m1/s1. The molecule has 192 valence electrons. The normalized spacial score (nSPS) is 20.1. The SMILES string of the molecule is CC(C)(N)C(=O)N[C@@H]1C[C@@H](C(=O)Nc2ccc3c(c2)CCC3)N(C(=O)[C@@H](N)CCc2ccccc2)C1. The van der Waals surface area contributed by atoms with Gasteiger partial charge in [0.2, 0.25) is 17.7 Å². The lowest BCUT2D eigenvalue weighted by Gasteiger charge is -2.27. The summed E-state index contributed by atoms with van der Waals surface area (Å²) < 4.78 is 0. The van der Waals surface area contributed by atoms with Crippen molar-refractivity contribution in [2.24, 2.45) is 11.5 Å². The second kappa shape index (κ2) is 10.8. The molecule has 4 rings (SSSR count). The summed E-state index contributed by atoms with van der Waals surface area (Å²) in [7, 11) is 0. The molecule has 1 saturated heterocycles. The largest absolute Gasteiger partial charge is 0.350 e. The van der Waals surface area contributed by atoms with Crippen LogP contribution in [0.15, 0.2) is 48.5 Å². The Kier molecular flexibility index (Phi) is 7.76. The Hall–Kier alpha value is -3.23. The first-order chi connectivity index (χ1) is 17.1. The number of carbonyl (C=O) groups excluding carboxylic acids is 3. The molecule has 2 aromatic rings. The number of likely N-dealkylation sites (tertiary alicyclic amines) is 1. The molecule has 8 nitrogen and oxygen atoms in total. The lowest BCUT2D eigenvalue weighted by Crippen LogP contribution is -2.53. The third kappa shape index (κ3) is 6.12. The lowest BCUT2D eigenvalue weighted by atomic mass is 10.0. The maximum absolute atomic E-state index is 13.4. The molecule has 1 aliphatic heterocycles. The van der Waals surface area contributed by atoms with E-state index in [0.29, 0.717) is 19.3 Å². The van der Waals surface area contributed by atoms with Gasteiger partial charge in [0, 0.05) is 18.3 Å². The van der Waals surface area contributed by atoms with Gasteiger partial charge in [0.25, 0.3) is 0 Å². The molecule has 2 aliphatic rings. The molecule has 3 atom stereocenters. The molecule has 0 spiro atoms. The average molecular weight is 492 g/mol. The number of fused-ring (bicyclic) bond motifs is 1. The van der Waals surface area contributed by atoms with Crippen molar-refractivity contribution in [3.8, 4) is 0 Å². The highest BCUT2D eigenvalue weighted by atomic mass is 16.2. The number of aryl methyl sites for hydroxylation is 3. The van der Waals surface area contributed by atoms with Crippen molar-refractivity contribution in [2.75, 3.05) is 11.9 Å². The molecule has 0 radical (unpaired) electrons. The van der Waals surface area contributed by atoms with Crippen molar-refractivity contribution in [1.82, 2.24) is 10.2 Å². The predicted molar refractivity (Wildman–Crippen MR) is 140 cm³/mol. The average Bonchev–Trinajstić information content (AvgIpc) is 3.49. The van der Waals surface area contributed by atoms with Crippen molar-refractivity contribution in [3.05, 3.63) is 65.2 Å². The summed E-state index contributed by atoms with van der Waals surface area (Å²) in [4.78, 5) is 40.8. The summed E-state index contributed by atoms with van der Waals surface area (Å²) in [5.41, 5.74) is 15.6. The lowest BCUT2D eigenvalue weighted by molar-refractivity contribution is -0.138. The third-order valence-corrected chi connectivity index (χ3v) is 7.08. The molecule has 1 heterocycles. The minimum Gasteiger partial charge on any atom is -0.350 e. The van der Waals surface area contributed by atoms with E-state index in [1.165, 1.54) is 16.0 Å². The zero-order valence-corrected chi connectivity index (χ0v) is 21.1. The molecule has 3 amide bonds. The van der Waals surface area contributed by atoms with Gasteiger partial charge in [-0.25, -0.2) is 0 Å². The van der Waals surface area contributed by atoms with Gasteiger partial charge in [0.15, 0.2) is 0 Å². The number of hydrogen-bond acceptors (Lipinski definition) is 5. The van der Waals surface area contributed by atoms with E-state index in [2.05, 4.69) is 16.7 Å². The van der Waals surface area contributed by atoms with Crippen molar-refractivity contribution < 1.29 is 14.4 Å². The molecular weight excluding hydrogens is 454 g/mol. The Bertz CT molecular complexity index is 1110. The molecular formula is C28H37N5O3. The van der Waals surface area contributed by atoms with Crippen LogP contribution in [0.25, 0.3) is 0 Å². The maximum Gasteiger partial charge on any atom is 0.247 e. The number of rotatable bonds is 8. The van der Waals surface area contributed by atoms with Gasteiger partial charge in [-0.05, 0) is 81.2 Å². The summed E-state index contributed by atoms with van der Waals surface area (Å²) >= 11 is 0. The highest BCUT2D eigenvalue weighted by Gasteiger charge is 2.42. The van der Waals surface area contributed by atoms with Crippen LogP contribution < -0.4 is 22.1 Å². The fourth-order valence-corrected chi connectivity index (χ4v) is 4.98. The second-order valence-electron chi connectivity index (χ2n) is 10.6. The topological polar surface area (TPSA) is 131 Å². The Morgan fingerprint density at radius 1 is 1.08 bits per heavy atom. The van der Waals surface area contributed by atoms with E-state index < -0.39 is 17.6 Å². The van der Waals surface area contributed by atoms with Crippen molar-refractivity contribution >= 4 is 23.4 Å². The number of hydrogen-bond donors (Lipinski definition) is 4. The molecule has 36 heavy (non-hydrogen) atoms. The van der Waals surface area contributed by atoms with E-state index in [-0.39, 0.29) is 30.3 Å². The van der Waals surface area contributed by atoms with Crippen molar-refractivity contribution in [2.45, 2.75) is 76.0 Å². The Balaban J connectivity index is 1.47. The van der Waals surface area contributed by atoms with Gasteiger partial charge in [-0.3, -0.25) is 14.4 Å². The molecule has 2 aromatic carbocycles. The number of benzene rings is 2. The summed E-state index contributed by atoms with van der Waals surface area (Å²) in [5, 5.41) is 5.89. The fraction of sp³-hybridized carbons (Fsp3) is 0.464. The number of carbonyl (C=O) groups is 3. The zero-order chi connectivity index (χ0) is 25.9. The molecule has 1 aliphatic carbocycles. The van der Waals surface area contributed by atoms with Gasteiger partial charge in [-0.2, -0.15) is 0 Å². The second-order valence-corrected chi connectivity index (χ2v) is 10.6. The predicted octanol–water partition coefficient (Wildman–Crippen LogP) is 1.90. The molecule has 0 aromatic heterocycles. The molecule has 6 N–H and O–H groups in total. The summed E-state index contributed by atoms with van der Waals surface area (Å²) in [6.45, 7) is 3.46. The highest BCUT2D eigenvalue weighted by molar-refractivity contribution is 5.98. The van der Waals surface area contributed by atoms with E-state index in [9.17, 15) is 14.4 Å². The van der Waals surface area contributed by atoms with Gasteiger partial charge in [0.05, 0.1) is 11.6 Å². The van der Waals surface area contributed by atoms with Gasteiger partial charge in [0.1, 0.15) is 6.04 Å². The summed E-state index contributed by atoms with van der Waals surface area (Å²) in [5.74, 6) is -0.892. The van der Waals surface area contributed by atoms with Crippen LogP contribution in [0.2, 0.25) is 0 Å². The first kappa shape index (κ1) is 25.9. The monoisotopic (exact) mass is 491 g/mol. The zero-order valence-electron chi connectivity index (χ0n) is 21.1. The summed E-state index contributed by atoms with van der Waals surface area (Å²) in [6, 6.07) is 14.0. The first-order valence-electron chi connectivity index (χ1n) is 12.7. The molecule has 8 heteroatoms. The minimum absolute atomic E-state index is 0.210. The van der Waals surface area contributed by atoms with Crippen LogP contribution in [0.5, 0.6) is 0 Å². The van der Waals surface area contributed by atoms with Crippen LogP contribution in [0, 0.1) is 0 Å². The van der Waals surface area contributed by atoms with Gasteiger partial charge >= 0.3 is 0 Å². The van der Waals surface area contributed by atoms with Crippen LogP contribution in [-0.2, 0) is 33.6 Å². The Morgan fingerprint density at radius 2 is 1.81 bits per heavy atom. The Morgan fingerprint density at radius 3 is 2.53 bits per heavy atom. The quantitative estimate of drug-likeness (QED) is 0.448. The molecule has 1 fully saturated rings. The molecule has 0 saturated carbocycles. The maximum atomic E-state index is 13.4. The van der Waals surface area contributed by atoms with Crippen LogP contribution >= 0.6 is 0 Å². The fourth-order valence-electron chi connectivity index (χ4n) is 4.98. The van der Waals surface area contributed by atoms with E-state index in [1.807, 2.05) is 42.5 Å². The number of amides is 3. The van der Waals surface area contributed by atoms with Crippen LogP contribution in [0.1, 0.15) is 49.8 Å². The van der Waals surface area contributed by atoms with Crippen LogP contribution in [0.4, 0.5) is 5.69 Å². The van der Waals surface area contributed by atoms with Gasteiger partial charge in [-0.1, -0.05) is 36.4 Å². The number of anilines is 1. The minimum atomic E-state index is -1.06.